The van der Waals surface area contributed by atoms with Gasteiger partial charge in [0.05, 0.1) is 29.6 Å². The van der Waals surface area contributed by atoms with Crippen molar-refractivity contribution in [3.63, 3.8) is 0 Å². The number of aromatic nitrogens is 5. The first-order chi connectivity index (χ1) is 12.3. The van der Waals surface area contributed by atoms with Crippen molar-refractivity contribution in [2.75, 3.05) is 0 Å². The summed E-state index contributed by atoms with van der Waals surface area (Å²) in [5.41, 5.74) is 4.35. The molecule has 4 rings (SSSR count). The van der Waals surface area contributed by atoms with E-state index in [-0.39, 0.29) is 6.04 Å². The number of nitriles is 1. The fraction of sp³-hybridized carbons (Fsp3) is 0.158. The van der Waals surface area contributed by atoms with E-state index in [9.17, 15) is 0 Å². The van der Waals surface area contributed by atoms with Crippen LogP contribution in [0, 0.1) is 11.3 Å². The van der Waals surface area contributed by atoms with Crippen molar-refractivity contribution in [1.29, 1.82) is 5.26 Å². The molecule has 0 amide bonds. The summed E-state index contributed by atoms with van der Waals surface area (Å²) >= 11 is 0. The fourth-order valence-corrected chi connectivity index (χ4v) is 3.12. The monoisotopic (exact) mass is 328 g/mol. The number of rotatable bonds is 4. The summed E-state index contributed by atoms with van der Waals surface area (Å²) < 4.78 is 1.94. The molecule has 0 fully saturated rings. The maximum atomic E-state index is 9.13. The Morgan fingerprint density at radius 3 is 3.04 bits per heavy atom. The third-order valence-corrected chi connectivity index (χ3v) is 4.34. The molecule has 0 radical (unpaired) electrons. The summed E-state index contributed by atoms with van der Waals surface area (Å²) in [6.07, 6.45) is 8.11. The van der Waals surface area contributed by atoms with Gasteiger partial charge in [0.1, 0.15) is 12.0 Å². The second kappa shape index (κ2) is 6.21. The molecule has 3 heterocycles. The fourth-order valence-electron chi connectivity index (χ4n) is 3.12. The highest BCUT2D eigenvalue weighted by molar-refractivity contribution is 5.89. The molecule has 0 bridgehead atoms. The van der Waals surface area contributed by atoms with Crippen molar-refractivity contribution in [1.82, 2.24) is 24.7 Å². The highest BCUT2D eigenvalue weighted by atomic mass is 15.3. The molecule has 1 aromatic carbocycles. The van der Waals surface area contributed by atoms with Crippen LogP contribution in [-0.2, 0) is 0 Å². The van der Waals surface area contributed by atoms with Crippen LogP contribution in [0.3, 0.4) is 0 Å². The van der Waals surface area contributed by atoms with Crippen molar-refractivity contribution >= 4 is 11.0 Å². The van der Waals surface area contributed by atoms with E-state index in [0.717, 1.165) is 34.3 Å². The lowest BCUT2D eigenvalue weighted by Crippen LogP contribution is -2.10. The Morgan fingerprint density at radius 2 is 2.20 bits per heavy atom. The zero-order chi connectivity index (χ0) is 17.2. The molecule has 0 aliphatic rings. The predicted molar refractivity (Wildman–Crippen MR) is 94.7 cm³/mol. The maximum Gasteiger partial charge on any atom is 0.141 e. The van der Waals surface area contributed by atoms with Gasteiger partial charge in [-0.15, -0.1) is 0 Å². The van der Waals surface area contributed by atoms with Crippen LogP contribution in [-0.4, -0.2) is 24.7 Å². The summed E-state index contributed by atoms with van der Waals surface area (Å²) in [7, 11) is 0. The topological polar surface area (TPSA) is 83.2 Å². The second-order valence-corrected chi connectivity index (χ2v) is 5.83. The number of nitrogens with zero attached hydrogens (tertiary/aromatic N) is 5. The highest BCUT2D eigenvalue weighted by Crippen LogP contribution is 2.27. The van der Waals surface area contributed by atoms with Crippen molar-refractivity contribution < 1.29 is 0 Å². The van der Waals surface area contributed by atoms with Crippen LogP contribution in [0.5, 0.6) is 0 Å². The van der Waals surface area contributed by atoms with Gasteiger partial charge in [0.25, 0.3) is 0 Å². The number of nitrogens with one attached hydrogen (secondary N) is 1. The molecule has 0 aliphatic carbocycles. The largest absolute Gasteiger partial charge is 0.346 e. The summed E-state index contributed by atoms with van der Waals surface area (Å²) in [6.45, 7) is 2.11. The first-order valence-electron chi connectivity index (χ1n) is 8.13. The van der Waals surface area contributed by atoms with E-state index >= 15 is 0 Å². The third-order valence-electron chi connectivity index (χ3n) is 4.34. The standard InChI is InChI=1S/C19H16N6/c1-2-17(14-5-3-4-13(8-14)9-20)25-11-15(10-24-25)18-16-6-7-21-19(16)23-12-22-18/h3-8,10-12,17H,2H2,1H3,(H,21,22,23). The minimum atomic E-state index is 0.0746. The van der Waals surface area contributed by atoms with E-state index in [0.29, 0.717) is 5.56 Å². The smallest absolute Gasteiger partial charge is 0.141 e. The zero-order valence-electron chi connectivity index (χ0n) is 13.7. The first kappa shape index (κ1) is 15.1. The molecule has 122 valence electrons. The average molecular weight is 328 g/mol. The summed E-state index contributed by atoms with van der Waals surface area (Å²) in [4.78, 5) is 11.7. The molecule has 1 unspecified atom stereocenters. The van der Waals surface area contributed by atoms with E-state index in [1.165, 1.54) is 0 Å². The quantitative estimate of drug-likeness (QED) is 0.619. The normalized spacial score (nSPS) is 12.2. The molecule has 0 saturated heterocycles. The maximum absolute atomic E-state index is 9.13. The van der Waals surface area contributed by atoms with Gasteiger partial charge in [0.15, 0.2) is 0 Å². The second-order valence-electron chi connectivity index (χ2n) is 5.83. The van der Waals surface area contributed by atoms with Crippen molar-refractivity contribution in [2.24, 2.45) is 0 Å². The lowest BCUT2D eigenvalue weighted by molar-refractivity contribution is 0.509. The number of aromatic amines is 1. The van der Waals surface area contributed by atoms with Crippen LogP contribution in [0.25, 0.3) is 22.3 Å². The Balaban J connectivity index is 1.75. The van der Waals surface area contributed by atoms with Crippen LogP contribution in [0.4, 0.5) is 0 Å². The van der Waals surface area contributed by atoms with Crippen molar-refractivity contribution in [3.05, 3.63) is 66.4 Å². The molecule has 0 spiro atoms. The molecule has 6 heteroatoms. The molecule has 0 saturated carbocycles. The molecule has 1 atom stereocenters. The number of hydrogen-bond acceptors (Lipinski definition) is 4. The molecule has 0 aliphatic heterocycles. The zero-order valence-corrected chi connectivity index (χ0v) is 13.7. The van der Waals surface area contributed by atoms with Gasteiger partial charge in [-0.2, -0.15) is 10.4 Å². The number of H-pyrrole nitrogens is 1. The molecular weight excluding hydrogens is 312 g/mol. The van der Waals surface area contributed by atoms with Crippen LogP contribution >= 0.6 is 0 Å². The Morgan fingerprint density at radius 1 is 1.28 bits per heavy atom. The Hall–Kier alpha value is -3.46. The Bertz CT molecular complexity index is 1070. The average Bonchev–Trinajstić information content (AvgIpc) is 3.32. The lowest BCUT2D eigenvalue weighted by atomic mass is 10.0. The molecule has 1 N–H and O–H groups in total. The van der Waals surface area contributed by atoms with Crippen molar-refractivity contribution in [3.8, 4) is 17.3 Å². The summed E-state index contributed by atoms with van der Waals surface area (Å²) in [5, 5.41) is 14.7. The predicted octanol–water partition coefficient (Wildman–Crippen LogP) is 3.69. The van der Waals surface area contributed by atoms with Gasteiger partial charge in [-0.25, -0.2) is 9.97 Å². The van der Waals surface area contributed by atoms with Gasteiger partial charge in [-0.1, -0.05) is 19.1 Å². The van der Waals surface area contributed by atoms with Gasteiger partial charge in [0.2, 0.25) is 0 Å². The van der Waals surface area contributed by atoms with Crippen LogP contribution < -0.4 is 0 Å². The molecule has 4 aromatic rings. The van der Waals surface area contributed by atoms with E-state index < -0.39 is 0 Å². The number of hydrogen-bond donors (Lipinski definition) is 1. The van der Waals surface area contributed by atoms with Crippen molar-refractivity contribution in [2.45, 2.75) is 19.4 Å². The van der Waals surface area contributed by atoms with Crippen LogP contribution in [0.2, 0.25) is 0 Å². The minimum Gasteiger partial charge on any atom is -0.346 e. The Kier molecular flexibility index (Phi) is 3.75. The summed E-state index contributed by atoms with van der Waals surface area (Å²) in [6, 6.07) is 11.9. The molecule has 25 heavy (non-hydrogen) atoms. The SMILES string of the molecule is CCC(c1cccc(C#N)c1)n1cc(-c2ncnc3[nH]ccc23)cn1. The highest BCUT2D eigenvalue weighted by Gasteiger charge is 2.16. The number of benzene rings is 1. The number of fused-ring (bicyclic) bond motifs is 1. The first-order valence-corrected chi connectivity index (χ1v) is 8.13. The molecule has 3 aromatic heterocycles. The van der Waals surface area contributed by atoms with Gasteiger partial charge in [-0.3, -0.25) is 4.68 Å². The van der Waals surface area contributed by atoms with E-state index in [4.69, 9.17) is 5.26 Å². The van der Waals surface area contributed by atoms with Gasteiger partial charge in [-0.05, 0) is 30.2 Å². The van der Waals surface area contributed by atoms with E-state index in [1.54, 1.807) is 6.33 Å². The van der Waals surface area contributed by atoms with Crippen LogP contribution in [0.1, 0.15) is 30.5 Å². The Labute approximate surface area is 144 Å². The van der Waals surface area contributed by atoms with Gasteiger partial charge >= 0.3 is 0 Å². The lowest BCUT2D eigenvalue weighted by Gasteiger charge is -2.16. The molecule has 6 nitrogen and oxygen atoms in total. The summed E-state index contributed by atoms with van der Waals surface area (Å²) in [5.74, 6) is 0. The van der Waals surface area contributed by atoms with Gasteiger partial charge in [0, 0.05) is 23.3 Å². The third kappa shape index (κ3) is 2.66. The molecular formula is C19H16N6. The van der Waals surface area contributed by atoms with Gasteiger partial charge < -0.3 is 4.98 Å². The van der Waals surface area contributed by atoms with Crippen LogP contribution in [0.15, 0.2) is 55.2 Å². The minimum absolute atomic E-state index is 0.0746. The van der Waals surface area contributed by atoms with E-state index in [2.05, 4.69) is 33.0 Å². The van der Waals surface area contributed by atoms with E-state index in [1.807, 2.05) is 53.6 Å².